The van der Waals surface area contributed by atoms with Crippen molar-refractivity contribution in [1.82, 2.24) is 4.31 Å². The Bertz CT molecular complexity index is 183. The lowest BCUT2D eigenvalue weighted by Crippen LogP contribution is -2.38. The molecule has 14 heavy (non-hydrogen) atoms. The summed E-state index contributed by atoms with van der Waals surface area (Å²) < 4.78 is 61.6. The number of halogens is 5. The second-order valence-corrected chi connectivity index (χ2v) is 4.22. The predicted octanol–water partition coefficient (Wildman–Crippen LogP) is 3.13. The van der Waals surface area contributed by atoms with Crippen LogP contribution in [0.2, 0.25) is 0 Å². The lowest BCUT2D eigenvalue weighted by molar-refractivity contribution is -0.182. The number of piperidine rings is 1. The van der Waals surface area contributed by atoms with Crippen molar-refractivity contribution in [3.63, 3.8) is 0 Å². The number of hydrogen-bond acceptors (Lipinski definition) is 2. The summed E-state index contributed by atoms with van der Waals surface area (Å²) >= 11 is 0.195. The van der Waals surface area contributed by atoms with E-state index in [1.807, 2.05) is 0 Å². The maximum atomic E-state index is 12.2. The van der Waals surface area contributed by atoms with E-state index in [2.05, 4.69) is 0 Å². The van der Waals surface area contributed by atoms with Gasteiger partial charge >= 0.3 is 6.18 Å². The lowest BCUT2D eigenvalue weighted by Gasteiger charge is -2.32. The Morgan fingerprint density at radius 1 is 1.29 bits per heavy atom. The summed E-state index contributed by atoms with van der Waals surface area (Å²) in [5.41, 5.74) is 0. The Morgan fingerprint density at radius 3 is 2.43 bits per heavy atom. The molecule has 1 aliphatic rings. The summed E-state index contributed by atoms with van der Waals surface area (Å²) in [6, 6.07) is 0. The van der Waals surface area contributed by atoms with Gasteiger partial charge in [-0.3, -0.25) is 0 Å². The molecule has 7 heteroatoms. The fourth-order valence-electron chi connectivity index (χ4n) is 1.42. The van der Waals surface area contributed by atoms with E-state index in [1.165, 1.54) is 0 Å². The van der Waals surface area contributed by atoms with Crippen LogP contribution in [-0.2, 0) is 0 Å². The summed E-state index contributed by atoms with van der Waals surface area (Å²) in [6.07, 6.45) is -3.89. The van der Waals surface area contributed by atoms with Crippen LogP contribution in [0.3, 0.4) is 0 Å². The van der Waals surface area contributed by atoms with E-state index in [0.717, 1.165) is 4.31 Å². The highest BCUT2D eigenvalue weighted by molar-refractivity contribution is 7.97. The second-order valence-electron chi connectivity index (χ2n) is 3.13. The quantitative estimate of drug-likeness (QED) is 0.534. The Morgan fingerprint density at radius 2 is 1.93 bits per heavy atom. The molecular formula is C7H10F5NS. The first kappa shape index (κ1) is 12.0. The number of rotatable bonds is 2. The highest BCUT2D eigenvalue weighted by atomic mass is 32.2. The molecule has 0 aromatic heterocycles. The Balaban J connectivity index is 2.44. The molecule has 84 valence electrons. The van der Waals surface area contributed by atoms with E-state index >= 15 is 0 Å². The molecule has 1 fully saturated rings. The van der Waals surface area contributed by atoms with E-state index in [1.54, 1.807) is 0 Å². The van der Waals surface area contributed by atoms with Gasteiger partial charge in [-0.05, 0) is 24.8 Å². The third-order valence-electron chi connectivity index (χ3n) is 2.08. The summed E-state index contributed by atoms with van der Waals surface area (Å²) in [6.45, 7) is -0.0138. The van der Waals surface area contributed by atoms with Crippen molar-refractivity contribution in [2.45, 2.75) is 24.8 Å². The van der Waals surface area contributed by atoms with Gasteiger partial charge in [0, 0.05) is 13.1 Å². The van der Waals surface area contributed by atoms with E-state index in [4.69, 9.17) is 0 Å². The van der Waals surface area contributed by atoms with Crippen molar-refractivity contribution in [3.8, 4) is 0 Å². The van der Waals surface area contributed by atoms with Crippen molar-refractivity contribution in [1.29, 1.82) is 0 Å². The van der Waals surface area contributed by atoms with E-state index in [-0.39, 0.29) is 24.9 Å². The van der Waals surface area contributed by atoms with Crippen LogP contribution in [0.15, 0.2) is 0 Å². The zero-order valence-electron chi connectivity index (χ0n) is 7.23. The standard InChI is InChI=1S/C7H10F5NS/c8-6(9)14-13-3-1-2-5(4-13)7(10,11)12/h5-6H,1-4H2. The van der Waals surface area contributed by atoms with Crippen molar-refractivity contribution in [2.24, 2.45) is 5.92 Å². The summed E-state index contributed by atoms with van der Waals surface area (Å²) in [7, 11) is 0. The fourth-order valence-corrected chi connectivity index (χ4v) is 2.14. The summed E-state index contributed by atoms with van der Waals surface area (Å²) in [5, 5.41) is 0. The topological polar surface area (TPSA) is 3.24 Å². The van der Waals surface area contributed by atoms with Crippen molar-refractivity contribution >= 4 is 11.9 Å². The summed E-state index contributed by atoms with van der Waals surface area (Å²) in [4.78, 5) is 0. The van der Waals surface area contributed by atoms with E-state index < -0.39 is 17.9 Å². The first-order chi connectivity index (χ1) is 6.39. The number of nitrogens with zero attached hydrogens (tertiary/aromatic N) is 1. The molecule has 1 atom stereocenters. The smallest absolute Gasteiger partial charge is 0.245 e. The molecule has 0 amide bonds. The predicted molar refractivity (Wildman–Crippen MR) is 43.9 cm³/mol. The first-order valence-electron chi connectivity index (χ1n) is 4.16. The fraction of sp³-hybridized carbons (Fsp3) is 1.00. The van der Waals surface area contributed by atoms with Crippen LogP contribution in [0.1, 0.15) is 12.8 Å². The molecular weight excluding hydrogens is 225 g/mol. The zero-order valence-corrected chi connectivity index (χ0v) is 8.04. The maximum Gasteiger partial charge on any atom is 0.393 e. The van der Waals surface area contributed by atoms with E-state index in [0.29, 0.717) is 13.0 Å². The molecule has 0 N–H and O–H groups in total. The molecule has 0 spiro atoms. The molecule has 0 aliphatic carbocycles. The molecule has 1 rings (SSSR count). The Kier molecular flexibility index (Phi) is 4.00. The molecule has 0 aromatic rings. The average Bonchev–Trinajstić information content (AvgIpc) is 2.01. The molecule has 1 aliphatic heterocycles. The van der Waals surface area contributed by atoms with Crippen LogP contribution in [0, 0.1) is 5.92 Å². The zero-order chi connectivity index (χ0) is 10.8. The molecule has 0 radical (unpaired) electrons. The summed E-state index contributed by atoms with van der Waals surface area (Å²) in [5.74, 6) is -4.09. The van der Waals surface area contributed by atoms with Gasteiger partial charge in [0.2, 0.25) is 0 Å². The minimum absolute atomic E-state index is 0.0454. The maximum absolute atomic E-state index is 12.2. The molecule has 1 heterocycles. The van der Waals surface area contributed by atoms with Crippen LogP contribution < -0.4 is 0 Å². The van der Waals surface area contributed by atoms with Gasteiger partial charge in [-0.1, -0.05) is 0 Å². The van der Waals surface area contributed by atoms with Gasteiger partial charge in [0.25, 0.3) is 5.76 Å². The van der Waals surface area contributed by atoms with Gasteiger partial charge in [0.1, 0.15) is 0 Å². The van der Waals surface area contributed by atoms with Gasteiger partial charge in [0.05, 0.1) is 5.92 Å². The lowest BCUT2D eigenvalue weighted by atomic mass is 9.99. The third-order valence-corrected chi connectivity index (χ3v) is 2.86. The van der Waals surface area contributed by atoms with Gasteiger partial charge in [0.15, 0.2) is 0 Å². The molecule has 0 aromatic carbocycles. The molecule has 1 nitrogen and oxygen atoms in total. The van der Waals surface area contributed by atoms with Crippen molar-refractivity contribution < 1.29 is 22.0 Å². The molecule has 0 bridgehead atoms. The normalized spacial score (nSPS) is 25.7. The monoisotopic (exact) mass is 235 g/mol. The SMILES string of the molecule is FC(F)SN1CCCC(C(F)(F)F)C1. The molecule has 1 unspecified atom stereocenters. The third kappa shape index (κ3) is 3.61. The van der Waals surface area contributed by atoms with Gasteiger partial charge in [-0.2, -0.15) is 22.0 Å². The van der Waals surface area contributed by atoms with Crippen LogP contribution in [0.25, 0.3) is 0 Å². The van der Waals surface area contributed by atoms with E-state index in [9.17, 15) is 22.0 Å². The minimum atomic E-state index is -4.26. The minimum Gasteiger partial charge on any atom is -0.245 e. The largest absolute Gasteiger partial charge is 0.393 e. The van der Waals surface area contributed by atoms with Crippen LogP contribution in [0.4, 0.5) is 22.0 Å². The average molecular weight is 235 g/mol. The van der Waals surface area contributed by atoms with Gasteiger partial charge in [-0.25, -0.2) is 4.31 Å². The number of hydrogen-bond donors (Lipinski definition) is 0. The molecule has 1 saturated heterocycles. The van der Waals surface area contributed by atoms with Crippen LogP contribution in [-0.4, -0.2) is 29.3 Å². The highest BCUT2D eigenvalue weighted by Crippen LogP contribution is 2.36. The van der Waals surface area contributed by atoms with Gasteiger partial charge in [-0.15, -0.1) is 0 Å². The van der Waals surface area contributed by atoms with Crippen LogP contribution in [0.5, 0.6) is 0 Å². The second kappa shape index (κ2) is 4.65. The van der Waals surface area contributed by atoms with Crippen molar-refractivity contribution in [2.75, 3.05) is 13.1 Å². The van der Waals surface area contributed by atoms with Crippen molar-refractivity contribution in [3.05, 3.63) is 0 Å². The van der Waals surface area contributed by atoms with Gasteiger partial charge < -0.3 is 0 Å². The number of alkyl halides is 5. The first-order valence-corrected chi connectivity index (χ1v) is 5.00. The Hall–Kier alpha value is -0.0400. The highest BCUT2D eigenvalue weighted by Gasteiger charge is 2.42. The van der Waals surface area contributed by atoms with Crippen LogP contribution >= 0.6 is 11.9 Å². The molecule has 0 saturated carbocycles. The Labute approximate surface area is 82.8 Å².